The van der Waals surface area contributed by atoms with Crippen molar-refractivity contribution >= 4 is 18.1 Å². The van der Waals surface area contributed by atoms with Crippen molar-refractivity contribution in [2.24, 2.45) is 5.10 Å². The Morgan fingerprint density at radius 2 is 2.03 bits per heavy atom. The predicted octanol–water partition coefficient (Wildman–Crippen LogP) is 2.62. The number of aromatic nitrogens is 2. The van der Waals surface area contributed by atoms with E-state index in [1.54, 1.807) is 42.5 Å². The Morgan fingerprint density at radius 1 is 1.28 bits per heavy atom. The summed E-state index contributed by atoms with van der Waals surface area (Å²) < 4.78 is 10.8. The van der Waals surface area contributed by atoms with Crippen LogP contribution in [0.3, 0.4) is 0 Å². The minimum Gasteiger partial charge on any atom is -0.493 e. The van der Waals surface area contributed by atoms with Gasteiger partial charge in [0.15, 0.2) is 17.6 Å². The number of nitrogens with one attached hydrogen (secondary N) is 2. The van der Waals surface area contributed by atoms with Gasteiger partial charge in [-0.05, 0) is 19.1 Å². The number of aromatic amines is 1. The lowest BCUT2D eigenvalue weighted by Gasteiger charge is -2.15. The van der Waals surface area contributed by atoms with Gasteiger partial charge in [0.1, 0.15) is 11.6 Å². The zero-order valence-electron chi connectivity index (χ0n) is 17.2. The van der Waals surface area contributed by atoms with Crippen LogP contribution in [-0.2, 0) is 4.79 Å². The van der Waals surface area contributed by atoms with E-state index in [9.17, 15) is 14.9 Å². The Bertz CT molecular complexity index is 1250. The maximum absolute atomic E-state index is 12.3. The summed E-state index contributed by atoms with van der Waals surface area (Å²) in [5, 5.41) is 22.5. The molecule has 10 nitrogen and oxygen atoms in total. The molecule has 10 heteroatoms. The number of benzene rings is 2. The normalized spacial score (nSPS) is 11.5. The largest absolute Gasteiger partial charge is 0.493 e. The molecule has 3 N–H and O–H groups in total. The highest BCUT2D eigenvalue weighted by molar-refractivity contribution is 5.86. The third-order valence-electron chi connectivity index (χ3n) is 4.32. The highest BCUT2D eigenvalue weighted by Crippen LogP contribution is 2.31. The second-order valence-electron chi connectivity index (χ2n) is 6.46. The minimum absolute atomic E-state index is 0.0216. The summed E-state index contributed by atoms with van der Waals surface area (Å²) >= 11 is 0. The van der Waals surface area contributed by atoms with Crippen molar-refractivity contribution in [2.45, 2.75) is 13.0 Å². The summed E-state index contributed by atoms with van der Waals surface area (Å²) in [6.07, 6.45) is 0.253. The number of H-pyrrole nitrogens is 1. The number of hydrogen-bond acceptors (Lipinski definition) is 8. The van der Waals surface area contributed by atoms with Crippen molar-refractivity contribution in [3.63, 3.8) is 0 Å². The van der Waals surface area contributed by atoms with E-state index in [4.69, 9.17) is 14.6 Å². The molecule has 32 heavy (non-hydrogen) atoms. The maximum atomic E-state index is 12.3. The SMILES string of the molecule is COc1cccc(C=NNc2nc(-c3ccccc3)c(C#N)c(=O)[nH]2)c1OC(C)C(=O)O. The van der Waals surface area contributed by atoms with Crippen LogP contribution in [0.5, 0.6) is 11.5 Å². The van der Waals surface area contributed by atoms with E-state index in [2.05, 4.69) is 20.5 Å². The molecule has 162 valence electrons. The van der Waals surface area contributed by atoms with Gasteiger partial charge in [-0.25, -0.2) is 15.2 Å². The monoisotopic (exact) mass is 433 g/mol. The molecule has 0 aliphatic rings. The molecule has 1 aromatic heterocycles. The predicted molar refractivity (Wildman–Crippen MR) is 117 cm³/mol. The fourth-order valence-electron chi connectivity index (χ4n) is 2.75. The Hall–Kier alpha value is -4.65. The van der Waals surface area contributed by atoms with E-state index in [1.165, 1.54) is 20.2 Å². The van der Waals surface area contributed by atoms with Gasteiger partial charge in [0.05, 0.1) is 19.0 Å². The molecule has 2 aromatic carbocycles. The van der Waals surface area contributed by atoms with E-state index in [0.29, 0.717) is 16.9 Å². The number of carboxylic acids is 1. The number of anilines is 1. The van der Waals surface area contributed by atoms with Crippen LogP contribution in [0.2, 0.25) is 0 Å². The maximum Gasteiger partial charge on any atom is 0.344 e. The van der Waals surface area contributed by atoms with Gasteiger partial charge in [-0.3, -0.25) is 9.78 Å². The van der Waals surface area contributed by atoms with Crippen molar-refractivity contribution in [1.82, 2.24) is 9.97 Å². The molecule has 0 spiro atoms. The molecule has 0 aliphatic carbocycles. The summed E-state index contributed by atoms with van der Waals surface area (Å²) in [7, 11) is 1.43. The number of nitriles is 1. The number of carboxylic acid groups (broad SMARTS) is 1. The molecule has 3 aromatic rings. The molecule has 0 aliphatic heterocycles. The van der Waals surface area contributed by atoms with Crippen LogP contribution in [0.15, 0.2) is 58.4 Å². The van der Waals surface area contributed by atoms with Gasteiger partial charge in [0, 0.05) is 11.1 Å². The van der Waals surface area contributed by atoms with Crippen molar-refractivity contribution in [3.8, 4) is 28.8 Å². The van der Waals surface area contributed by atoms with Crippen LogP contribution in [0.25, 0.3) is 11.3 Å². The summed E-state index contributed by atoms with van der Waals surface area (Å²) in [6.45, 7) is 1.39. The van der Waals surface area contributed by atoms with E-state index < -0.39 is 17.6 Å². The second-order valence-corrected chi connectivity index (χ2v) is 6.46. The first-order valence-corrected chi connectivity index (χ1v) is 9.40. The summed E-state index contributed by atoms with van der Waals surface area (Å²) in [6, 6.07) is 15.7. The molecular formula is C22H19N5O5. The lowest BCUT2D eigenvalue weighted by Crippen LogP contribution is -2.23. The zero-order chi connectivity index (χ0) is 23.1. The quantitative estimate of drug-likeness (QED) is 0.362. The summed E-state index contributed by atoms with van der Waals surface area (Å²) in [4.78, 5) is 30.2. The van der Waals surface area contributed by atoms with Crippen LogP contribution in [-0.4, -0.2) is 40.5 Å². The average Bonchev–Trinajstić information content (AvgIpc) is 2.80. The number of ether oxygens (including phenoxy) is 2. The molecule has 0 radical (unpaired) electrons. The highest BCUT2D eigenvalue weighted by atomic mass is 16.5. The van der Waals surface area contributed by atoms with Gasteiger partial charge in [0.25, 0.3) is 5.56 Å². The smallest absolute Gasteiger partial charge is 0.344 e. The highest BCUT2D eigenvalue weighted by Gasteiger charge is 2.18. The first kappa shape index (κ1) is 22.0. The number of hydrazone groups is 1. The number of carbonyl (C=O) groups is 1. The molecule has 0 amide bonds. The van der Waals surface area contributed by atoms with E-state index in [1.807, 2.05) is 12.1 Å². The van der Waals surface area contributed by atoms with E-state index in [-0.39, 0.29) is 23.0 Å². The minimum atomic E-state index is -1.13. The van der Waals surface area contributed by atoms with Gasteiger partial charge in [0.2, 0.25) is 5.95 Å². The van der Waals surface area contributed by atoms with Gasteiger partial charge >= 0.3 is 5.97 Å². The summed E-state index contributed by atoms with van der Waals surface area (Å²) in [5.74, 6) is -0.585. The number of hydrogen-bond donors (Lipinski definition) is 3. The molecular weight excluding hydrogens is 414 g/mol. The number of methoxy groups -OCH3 is 1. The van der Waals surface area contributed by atoms with E-state index >= 15 is 0 Å². The van der Waals surface area contributed by atoms with Gasteiger partial charge in [-0.2, -0.15) is 10.4 Å². The third kappa shape index (κ3) is 4.91. The number of para-hydroxylation sites is 1. The molecule has 1 heterocycles. The van der Waals surface area contributed by atoms with Crippen molar-refractivity contribution in [1.29, 1.82) is 5.26 Å². The van der Waals surface area contributed by atoms with Gasteiger partial charge in [-0.15, -0.1) is 0 Å². The topological polar surface area (TPSA) is 150 Å². The molecule has 1 atom stereocenters. The Labute approximate surface area is 182 Å². The molecule has 3 rings (SSSR count). The van der Waals surface area contributed by atoms with Crippen LogP contribution >= 0.6 is 0 Å². The molecule has 0 saturated carbocycles. The van der Waals surface area contributed by atoms with Crippen LogP contribution in [0, 0.1) is 11.3 Å². The second kappa shape index (κ2) is 9.90. The van der Waals surface area contributed by atoms with Crippen molar-refractivity contribution < 1.29 is 19.4 Å². The average molecular weight is 433 g/mol. The van der Waals surface area contributed by atoms with Crippen molar-refractivity contribution in [2.75, 3.05) is 12.5 Å². The molecule has 1 unspecified atom stereocenters. The Kier molecular flexibility index (Phi) is 6.82. The van der Waals surface area contributed by atoms with Crippen LogP contribution in [0.1, 0.15) is 18.1 Å². The lowest BCUT2D eigenvalue weighted by molar-refractivity contribution is -0.144. The first-order chi connectivity index (χ1) is 15.4. The number of aliphatic carboxylic acids is 1. The fourth-order valence-corrected chi connectivity index (χ4v) is 2.75. The lowest BCUT2D eigenvalue weighted by atomic mass is 10.1. The molecule has 0 bridgehead atoms. The number of rotatable bonds is 8. The first-order valence-electron chi connectivity index (χ1n) is 9.40. The molecule has 0 fully saturated rings. The van der Waals surface area contributed by atoms with Crippen LogP contribution < -0.4 is 20.5 Å². The van der Waals surface area contributed by atoms with Crippen molar-refractivity contribution in [3.05, 3.63) is 70.0 Å². The summed E-state index contributed by atoms with van der Waals surface area (Å²) in [5.41, 5.74) is 3.15. The molecule has 0 saturated heterocycles. The fraction of sp³-hybridized carbons (Fsp3) is 0.136. The van der Waals surface area contributed by atoms with Gasteiger partial charge < -0.3 is 14.6 Å². The Morgan fingerprint density at radius 3 is 2.69 bits per heavy atom. The Balaban J connectivity index is 1.92. The van der Waals surface area contributed by atoms with Crippen LogP contribution in [0.4, 0.5) is 5.95 Å². The van der Waals surface area contributed by atoms with E-state index in [0.717, 1.165) is 0 Å². The zero-order valence-corrected chi connectivity index (χ0v) is 17.2. The third-order valence-corrected chi connectivity index (χ3v) is 4.32. The number of nitrogens with zero attached hydrogens (tertiary/aromatic N) is 3. The standard InChI is InChI=1S/C22H19N5O5/c1-13(21(29)30)32-19-15(9-6-10-17(19)31-2)12-24-27-22-25-18(14-7-4-3-5-8-14)16(11-23)20(28)26-22/h3-10,12-13H,1-2H3,(H,29,30)(H2,25,26,27,28). The van der Waals surface area contributed by atoms with Gasteiger partial charge in [-0.1, -0.05) is 36.4 Å².